The summed E-state index contributed by atoms with van der Waals surface area (Å²) in [6, 6.07) is 19.7. The molecule has 0 saturated carbocycles. The van der Waals surface area contributed by atoms with Crippen molar-refractivity contribution in [3.8, 4) is 0 Å². The fraction of sp³-hybridized carbons (Fsp3) is 0.290. The molecule has 0 unspecified atom stereocenters. The van der Waals surface area contributed by atoms with E-state index in [2.05, 4.69) is 0 Å². The van der Waals surface area contributed by atoms with Crippen LogP contribution in [0.15, 0.2) is 72.8 Å². The number of nitro benzene ring substituents is 1. The van der Waals surface area contributed by atoms with Crippen LogP contribution in [0.4, 0.5) is 5.69 Å². The Morgan fingerprint density at radius 1 is 0.850 bits per heavy atom. The zero-order valence-corrected chi connectivity index (χ0v) is 21.9. The van der Waals surface area contributed by atoms with Crippen molar-refractivity contribution < 1.29 is 28.8 Å². The first-order chi connectivity index (χ1) is 19.2. The molecule has 1 heterocycles. The number of imide groups is 1. The van der Waals surface area contributed by atoms with Crippen LogP contribution in [0.5, 0.6) is 0 Å². The Morgan fingerprint density at radius 3 is 1.80 bits per heavy atom. The van der Waals surface area contributed by atoms with Gasteiger partial charge in [-0.1, -0.05) is 74.5 Å². The molecule has 3 aromatic rings. The van der Waals surface area contributed by atoms with Crippen molar-refractivity contribution in [2.24, 2.45) is 17.8 Å². The molecule has 3 aliphatic carbocycles. The Bertz CT molecular complexity index is 1480. The van der Waals surface area contributed by atoms with E-state index < -0.39 is 58.9 Å². The minimum atomic E-state index is -1.21. The van der Waals surface area contributed by atoms with Crippen LogP contribution in [0.2, 0.25) is 0 Å². The lowest BCUT2D eigenvalue weighted by molar-refractivity contribution is -0.384. The van der Waals surface area contributed by atoms with Crippen molar-refractivity contribution in [3.05, 3.63) is 111 Å². The Kier molecular flexibility index (Phi) is 6.09. The van der Waals surface area contributed by atoms with Crippen molar-refractivity contribution in [1.29, 1.82) is 0 Å². The molecule has 202 valence electrons. The van der Waals surface area contributed by atoms with E-state index in [1.165, 1.54) is 18.2 Å². The van der Waals surface area contributed by atoms with Gasteiger partial charge in [-0.2, -0.15) is 0 Å². The third kappa shape index (κ3) is 3.76. The zero-order chi connectivity index (χ0) is 28.3. The van der Waals surface area contributed by atoms with E-state index in [1.807, 2.05) is 48.5 Å². The molecule has 9 nitrogen and oxygen atoms in total. The highest BCUT2D eigenvalue weighted by Gasteiger charge is 2.63. The lowest BCUT2D eigenvalue weighted by atomic mass is 9.55. The number of Topliss-reactive ketones (excluding diaryl/α,β-unsaturated/α-hetero) is 1. The lowest BCUT2D eigenvalue weighted by Gasteiger charge is -2.45. The summed E-state index contributed by atoms with van der Waals surface area (Å²) >= 11 is 0. The second-order valence-electron chi connectivity index (χ2n) is 10.8. The summed E-state index contributed by atoms with van der Waals surface area (Å²) in [6.07, 6.45) is 0. The van der Waals surface area contributed by atoms with E-state index in [-0.39, 0.29) is 23.1 Å². The predicted octanol–water partition coefficient (Wildman–Crippen LogP) is 4.24. The van der Waals surface area contributed by atoms with Crippen molar-refractivity contribution in [2.45, 2.75) is 31.7 Å². The first-order valence-corrected chi connectivity index (χ1v) is 13.2. The topological polar surface area (TPSA) is 124 Å². The summed E-state index contributed by atoms with van der Waals surface area (Å²) in [5.74, 6) is -4.66. The molecular weight excluding hydrogens is 512 g/mol. The zero-order valence-electron chi connectivity index (χ0n) is 21.9. The number of likely N-dealkylation sites (tertiary alicyclic amines) is 1. The number of benzene rings is 3. The summed E-state index contributed by atoms with van der Waals surface area (Å²) in [6.45, 7) is 2.76. The molecule has 1 saturated heterocycles. The van der Waals surface area contributed by atoms with Crippen LogP contribution in [0, 0.1) is 27.9 Å². The fourth-order valence-electron chi connectivity index (χ4n) is 6.75. The van der Waals surface area contributed by atoms with E-state index in [9.17, 15) is 29.3 Å². The quantitative estimate of drug-likeness (QED) is 0.145. The number of non-ortho nitro benzene ring substituents is 1. The van der Waals surface area contributed by atoms with Crippen molar-refractivity contribution >= 4 is 29.3 Å². The van der Waals surface area contributed by atoms with E-state index in [0.717, 1.165) is 33.2 Å². The van der Waals surface area contributed by atoms with E-state index in [1.54, 1.807) is 13.8 Å². The monoisotopic (exact) mass is 538 g/mol. The maximum absolute atomic E-state index is 14.0. The molecule has 0 radical (unpaired) electrons. The van der Waals surface area contributed by atoms with Gasteiger partial charge in [0.1, 0.15) is 6.04 Å². The number of carbonyl (C=O) groups is 4. The first kappa shape index (κ1) is 25.6. The molecule has 2 bridgehead atoms. The second kappa shape index (κ2) is 9.51. The van der Waals surface area contributed by atoms with Gasteiger partial charge in [0.05, 0.1) is 16.8 Å². The van der Waals surface area contributed by atoms with E-state index >= 15 is 0 Å². The molecule has 2 amide bonds. The largest absolute Gasteiger partial charge is 0.456 e. The molecule has 1 aliphatic heterocycles. The average Bonchev–Trinajstić information content (AvgIpc) is 3.21. The maximum atomic E-state index is 14.0. The minimum Gasteiger partial charge on any atom is -0.456 e. The number of hydrogen-bond donors (Lipinski definition) is 0. The Labute approximate surface area is 229 Å². The minimum absolute atomic E-state index is 0.0227. The van der Waals surface area contributed by atoms with Gasteiger partial charge in [-0.25, -0.2) is 4.79 Å². The summed E-state index contributed by atoms with van der Waals surface area (Å²) in [5.41, 5.74) is 3.88. The molecule has 4 aliphatic rings. The highest BCUT2D eigenvalue weighted by molar-refractivity contribution is 6.10. The fourth-order valence-corrected chi connectivity index (χ4v) is 6.75. The number of hydrogen-bond acceptors (Lipinski definition) is 7. The van der Waals surface area contributed by atoms with Gasteiger partial charge in [-0.15, -0.1) is 0 Å². The summed E-state index contributed by atoms with van der Waals surface area (Å²) in [4.78, 5) is 65.6. The molecule has 3 aromatic carbocycles. The molecule has 0 aromatic heterocycles. The van der Waals surface area contributed by atoms with Gasteiger partial charge in [-0.3, -0.25) is 29.4 Å². The normalized spacial score (nSPS) is 22.9. The SMILES string of the molecule is CC(C)[C@H](C(=O)OCC(=O)c1cccc([N+](=O)[O-])c1)N1C(=O)[C@@H]2C3c4ccccc4C(c4ccccc43)[C@H]2C1=O. The second-order valence-corrected chi connectivity index (χ2v) is 10.8. The number of rotatable bonds is 7. The molecule has 3 atom stereocenters. The number of carbonyl (C=O) groups excluding carboxylic acids is 4. The number of nitrogens with zero attached hydrogens (tertiary/aromatic N) is 2. The lowest BCUT2D eigenvalue weighted by Crippen LogP contribution is -2.49. The van der Waals surface area contributed by atoms with Crippen LogP contribution < -0.4 is 0 Å². The summed E-state index contributed by atoms with van der Waals surface area (Å²) in [5, 5.41) is 11.1. The van der Waals surface area contributed by atoms with Crippen LogP contribution in [-0.2, 0) is 19.1 Å². The van der Waals surface area contributed by atoms with Gasteiger partial charge < -0.3 is 4.74 Å². The molecule has 9 heteroatoms. The van der Waals surface area contributed by atoms with Crippen molar-refractivity contribution in [1.82, 2.24) is 4.90 Å². The van der Waals surface area contributed by atoms with Crippen LogP contribution in [0.1, 0.15) is 58.3 Å². The molecular formula is C31H26N2O7. The van der Waals surface area contributed by atoms with Crippen LogP contribution in [0.25, 0.3) is 0 Å². The Balaban J connectivity index is 1.29. The highest BCUT2D eigenvalue weighted by atomic mass is 16.6. The third-order valence-electron chi connectivity index (χ3n) is 8.36. The molecule has 7 rings (SSSR count). The average molecular weight is 539 g/mol. The van der Waals surface area contributed by atoms with E-state index in [0.29, 0.717) is 0 Å². The molecule has 0 spiro atoms. The number of esters is 1. The van der Waals surface area contributed by atoms with Gasteiger partial charge in [0.25, 0.3) is 5.69 Å². The third-order valence-corrected chi connectivity index (χ3v) is 8.36. The summed E-state index contributed by atoms with van der Waals surface area (Å²) < 4.78 is 5.33. The van der Waals surface area contributed by atoms with Crippen LogP contribution in [0.3, 0.4) is 0 Å². The molecule has 0 N–H and O–H groups in total. The number of ketones is 1. The highest BCUT2D eigenvalue weighted by Crippen LogP contribution is 2.61. The number of amides is 2. The smallest absolute Gasteiger partial charge is 0.330 e. The van der Waals surface area contributed by atoms with Gasteiger partial charge in [0, 0.05) is 29.5 Å². The Hall–Kier alpha value is -4.66. The summed E-state index contributed by atoms with van der Waals surface area (Å²) in [7, 11) is 0. The number of nitro groups is 1. The van der Waals surface area contributed by atoms with Gasteiger partial charge in [0.15, 0.2) is 6.61 Å². The Morgan fingerprint density at radius 2 is 1.35 bits per heavy atom. The molecule has 1 fully saturated rings. The van der Waals surface area contributed by atoms with Crippen LogP contribution >= 0.6 is 0 Å². The van der Waals surface area contributed by atoms with Gasteiger partial charge in [-0.05, 0) is 28.2 Å². The first-order valence-electron chi connectivity index (χ1n) is 13.2. The van der Waals surface area contributed by atoms with Gasteiger partial charge >= 0.3 is 5.97 Å². The van der Waals surface area contributed by atoms with Crippen molar-refractivity contribution in [3.63, 3.8) is 0 Å². The standard InChI is InChI=1S/C31H26N2O7/c1-16(2)28(31(37)40-15-23(34)17-8-7-9-18(14-17)33(38)39)32-29(35)26-24-19-10-3-4-11-20(19)25(27(26)30(32)36)22-13-6-5-12-21(22)24/h3-14,16,24-28H,15H2,1-2H3/t24?,25?,26-,27-,28-/m1/s1. The van der Waals surface area contributed by atoms with E-state index in [4.69, 9.17) is 4.74 Å². The maximum Gasteiger partial charge on any atom is 0.330 e. The number of ether oxygens (including phenoxy) is 1. The van der Waals surface area contributed by atoms with Crippen molar-refractivity contribution in [2.75, 3.05) is 6.61 Å². The molecule has 40 heavy (non-hydrogen) atoms. The predicted molar refractivity (Wildman–Crippen MR) is 142 cm³/mol. The van der Waals surface area contributed by atoms with Crippen LogP contribution in [-0.4, -0.2) is 46.0 Å². The van der Waals surface area contributed by atoms with Gasteiger partial charge in [0.2, 0.25) is 17.6 Å².